The second kappa shape index (κ2) is 6.29. The van der Waals surface area contributed by atoms with Crippen molar-refractivity contribution in [3.05, 3.63) is 50.1 Å². The third-order valence-electron chi connectivity index (χ3n) is 2.99. The molecule has 0 fully saturated rings. The molecular formula is C14H13BrO4S2. The Morgan fingerprint density at radius 1 is 1.29 bits per heavy atom. The van der Waals surface area contributed by atoms with Crippen LogP contribution in [0.25, 0.3) is 0 Å². The number of hydrogen-bond acceptors (Lipinski definition) is 4. The quantitative estimate of drug-likeness (QED) is 0.846. The highest BCUT2D eigenvalue weighted by molar-refractivity contribution is 9.11. The Kier molecular flexibility index (Phi) is 4.85. The van der Waals surface area contributed by atoms with E-state index in [4.69, 9.17) is 5.11 Å². The van der Waals surface area contributed by atoms with Gasteiger partial charge < -0.3 is 5.11 Å². The van der Waals surface area contributed by atoms with Crippen LogP contribution in [0.4, 0.5) is 0 Å². The Morgan fingerprint density at radius 2 is 2.00 bits per heavy atom. The SMILES string of the molecule is CCc1ccc(C(=O)O)cc1S(=O)(=O)Cc1ccc(Br)s1. The zero-order chi connectivity index (χ0) is 15.6. The number of aryl methyl sites for hydroxylation is 1. The van der Waals surface area contributed by atoms with Crippen LogP contribution < -0.4 is 0 Å². The predicted molar refractivity (Wildman–Crippen MR) is 85.7 cm³/mol. The van der Waals surface area contributed by atoms with Crippen LogP contribution in [0.5, 0.6) is 0 Å². The van der Waals surface area contributed by atoms with Gasteiger partial charge >= 0.3 is 5.97 Å². The Hall–Kier alpha value is -1.18. The smallest absolute Gasteiger partial charge is 0.335 e. The number of benzene rings is 1. The van der Waals surface area contributed by atoms with Crippen molar-refractivity contribution < 1.29 is 18.3 Å². The third kappa shape index (κ3) is 3.72. The zero-order valence-electron chi connectivity index (χ0n) is 11.2. The molecule has 0 amide bonds. The summed E-state index contributed by atoms with van der Waals surface area (Å²) in [6.07, 6.45) is 0.530. The van der Waals surface area contributed by atoms with Crippen LogP contribution in [0.15, 0.2) is 39.0 Å². The van der Waals surface area contributed by atoms with Crippen molar-refractivity contribution >= 4 is 43.1 Å². The number of hydrogen-bond donors (Lipinski definition) is 1. The number of carboxylic acid groups (broad SMARTS) is 1. The summed E-state index contributed by atoms with van der Waals surface area (Å²) in [6.45, 7) is 1.84. The summed E-state index contributed by atoms with van der Waals surface area (Å²) < 4.78 is 26.0. The number of sulfone groups is 1. The maximum Gasteiger partial charge on any atom is 0.335 e. The van der Waals surface area contributed by atoms with E-state index in [1.807, 2.05) is 6.92 Å². The molecule has 1 N–H and O–H groups in total. The summed E-state index contributed by atoms with van der Waals surface area (Å²) in [4.78, 5) is 11.9. The van der Waals surface area contributed by atoms with Gasteiger partial charge in [0.2, 0.25) is 0 Å². The number of halogens is 1. The molecule has 2 aromatic rings. The van der Waals surface area contributed by atoms with Crippen molar-refractivity contribution in [2.75, 3.05) is 0 Å². The lowest BCUT2D eigenvalue weighted by atomic mass is 10.1. The van der Waals surface area contributed by atoms with Gasteiger partial charge in [0.05, 0.1) is 20.0 Å². The summed E-state index contributed by atoms with van der Waals surface area (Å²) in [6, 6.07) is 7.80. The van der Waals surface area contributed by atoms with Crippen molar-refractivity contribution in [1.82, 2.24) is 0 Å². The lowest BCUT2D eigenvalue weighted by Crippen LogP contribution is -2.09. The standard InChI is InChI=1S/C14H13BrO4S2/c1-2-9-3-4-10(14(16)17)7-12(9)21(18,19)8-11-5-6-13(15)20-11/h3-7H,2,8H2,1H3,(H,16,17). The molecule has 0 saturated carbocycles. The molecule has 0 aliphatic carbocycles. The molecule has 2 rings (SSSR count). The number of carboxylic acids is 1. The fraction of sp³-hybridized carbons (Fsp3) is 0.214. The van der Waals surface area contributed by atoms with Crippen LogP contribution >= 0.6 is 27.3 Å². The Balaban J connectivity index is 2.47. The highest BCUT2D eigenvalue weighted by atomic mass is 79.9. The lowest BCUT2D eigenvalue weighted by molar-refractivity contribution is 0.0696. The van der Waals surface area contributed by atoms with Crippen molar-refractivity contribution in [2.24, 2.45) is 0 Å². The summed E-state index contributed by atoms with van der Waals surface area (Å²) in [5.41, 5.74) is 0.619. The summed E-state index contributed by atoms with van der Waals surface area (Å²) in [5, 5.41) is 9.03. The average Bonchev–Trinajstić information content (AvgIpc) is 2.82. The van der Waals surface area contributed by atoms with E-state index in [-0.39, 0.29) is 16.2 Å². The molecule has 0 aliphatic heterocycles. The van der Waals surface area contributed by atoms with Crippen LogP contribution in [0.1, 0.15) is 27.7 Å². The first-order valence-corrected chi connectivity index (χ1v) is 9.43. The van der Waals surface area contributed by atoms with E-state index in [9.17, 15) is 13.2 Å². The van der Waals surface area contributed by atoms with E-state index in [0.717, 1.165) is 3.79 Å². The fourth-order valence-corrected chi connectivity index (χ4v) is 5.49. The number of aromatic carboxylic acids is 1. The van der Waals surface area contributed by atoms with Gasteiger partial charge in [0.25, 0.3) is 0 Å². The predicted octanol–water partition coefficient (Wildman–Crippen LogP) is 3.75. The maximum atomic E-state index is 12.6. The van der Waals surface area contributed by atoms with Crippen LogP contribution in [-0.2, 0) is 22.0 Å². The van der Waals surface area contributed by atoms with Crippen LogP contribution in [0.2, 0.25) is 0 Å². The molecule has 0 atom stereocenters. The first-order valence-electron chi connectivity index (χ1n) is 6.16. The minimum absolute atomic E-state index is 0.0156. The molecule has 1 heterocycles. The average molecular weight is 389 g/mol. The Morgan fingerprint density at radius 3 is 2.52 bits per heavy atom. The molecule has 0 unspecified atom stereocenters. The second-order valence-corrected chi connectivity index (χ2v) is 8.95. The largest absolute Gasteiger partial charge is 0.478 e. The minimum Gasteiger partial charge on any atom is -0.478 e. The lowest BCUT2D eigenvalue weighted by Gasteiger charge is -2.09. The monoisotopic (exact) mass is 388 g/mol. The molecule has 0 spiro atoms. The highest BCUT2D eigenvalue weighted by Crippen LogP contribution is 2.28. The zero-order valence-corrected chi connectivity index (χ0v) is 14.4. The van der Waals surface area contributed by atoms with Gasteiger partial charge in [0.1, 0.15) is 0 Å². The van der Waals surface area contributed by atoms with E-state index in [1.54, 1.807) is 18.2 Å². The molecule has 112 valence electrons. The molecule has 1 aromatic carbocycles. The summed E-state index contributed by atoms with van der Waals surface area (Å²) in [5.74, 6) is -1.26. The van der Waals surface area contributed by atoms with Crippen LogP contribution in [0, 0.1) is 0 Å². The second-order valence-electron chi connectivity index (χ2n) is 4.45. The Bertz CT molecular complexity index is 778. The molecule has 1 aromatic heterocycles. The number of thiophene rings is 1. The first-order chi connectivity index (χ1) is 9.83. The van der Waals surface area contributed by atoms with Crippen molar-refractivity contribution in [3.63, 3.8) is 0 Å². The molecule has 7 heteroatoms. The Labute approximate surface area is 135 Å². The molecule has 21 heavy (non-hydrogen) atoms. The molecule has 0 aliphatic rings. The molecular weight excluding hydrogens is 376 g/mol. The molecule has 0 saturated heterocycles. The number of rotatable bonds is 5. The minimum atomic E-state index is -3.57. The summed E-state index contributed by atoms with van der Waals surface area (Å²) in [7, 11) is -3.57. The third-order valence-corrected chi connectivity index (χ3v) is 6.54. The van der Waals surface area contributed by atoms with E-state index < -0.39 is 15.8 Å². The van der Waals surface area contributed by atoms with E-state index in [2.05, 4.69) is 15.9 Å². The van der Waals surface area contributed by atoms with Gasteiger partial charge in [-0.25, -0.2) is 13.2 Å². The molecule has 4 nitrogen and oxygen atoms in total. The van der Waals surface area contributed by atoms with Crippen molar-refractivity contribution in [1.29, 1.82) is 0 Å². The van der Waals surface area contributed by atoms with E-state index >= 15 is 0 Å². The first kappa shape index (κ1) is 16.2. The summed E-state index contributed by atoms with van der Waals surface area (Å²) >= 11 is 4.66. The van der Waals surface area contributed by atoms with Gasteiger partial charge in [-0.1, -0.05) is 13.0 Å². The molecule has 0 bridgehead atoms. The van der Waals surface area contributed by atoms with Gasteiger partial charge in [0, 0.05) is 4.88 Å². The van der Waals surface area contributed by atoms with Gasteiger partial charge in [-0.2, -0.15) is 0 Å². The van der Waals surface area contributed by atoms with Gasteiger partial charge in [-0.15, -0.1) is 11.3 Å². The topological polar surface area (TPSA) is 71.4 Å². The van der Waals surface area contributed by atoms with Crippen molar-refractivity contribution in [3.8, 4) is 0 Å². The maximum absolute atomic E-state index is 12.6. The van der Waals surface area contributed by atoms with Crippen LogP contribution in [-0.4, -0.2) is 19.5 Å². The van der Waals surface area contributed by atoms with Gasteiger partial charge in [-0.3, -0.25) is 0 Å². The van der Waals surface area contributed by atoms with Gasteiger partial charge in [0.15, 0.2) is 9.84 Å². The molecule has 0 radical (unpaired) electrons. The van der Waals surface area contributed by atoms with Gasteiger partial charge in [-0.05, 0) is 52.2 Å². The van der Waals surface area contributed by atoms with Crippen molar-refractivity contribution in [2.45, 2.75) is 24.0 Å². The van der Waals surface area contributed by atoms with Crippen LogP contribution in [0.3, 0.4) is 0 Å². The number of carbonyl (C=O) groups is 1. The normalized spacial score (nSPS) is 11.5. The fourth-order valence-electron chi connectivity index (χ4n) is 1.96. The van der Waals surface area contributed by atoms with E-state index in [0.29, 0.717) is 16.9 Å². The highest BCUT2D eigenvalue weighted by Gasteiger charge is 2.21. The van der Waals surface area contributed by atoms with E-state index in [1.165, 1.54) is 23.5 Å².